The molecule has 3 aromatic rings. The summed E-state index contributed by atoms with van der Waals surface area (Å²) in [6.45, 7) is 3.56. The first-order chi connectivity index (χ1) is 12.8. The number of aryl methyl sites for hydroxylation is 1. The summed E-state index contributed by atoms with van der Waals surface area (Å²) in [6, 6.07) is 12.2. The number of hydrogen-bond donors (Lipinski definition) is 1. The molecule has 26 heavy (non-hydrogen) atoms. The maximum atomic E-state index is 12.6. The predicted octanol–water partition coefficient (Wildman–Crippen LogP) is 3.86. The van der Waals surface area contributed by atoms with Crippen LogP contribution >= 0.6 is 0 Å². The number of hydrogen-bond acceptors (Lipinski definition) is 3. The summed E-state index contributed by atoms with van der Waals surface area (Å²) in [5.41, 5.74) is 3.91. The Bertz CT molecular complexity index is 911. The van der Waals surface area contributed by atoms with Crippen molar-refractivity contribution < 1.29 is 4.79 Å². The number of urea groups is 1. The molecule has 134 valence electrons. The number of piperidine rings is 1. The van der Waals surface area contributed by atoms with Gasteiger partial charge in [0.05, 0.1) is 6.33 Å². The lowest BCUT2D eigenvalue weighted by atomic mass is 10.1. The summed E-state index contributed by atoms with van der Waals surface area (Å²) >= 11 is 0. The van der Waals surface area contributed by atoms with Crippen molar-refractivity contribution in [3.8, 4) is 0 Å². The van der Waals surface area contributed by atoms with E-state index in [0.717, 1.165) is 54.8 Å². The Balaban J connectivity index is 1.41. The van der Waals surface area contributed by atoms with Gasteiger partial charge >= 0.3 is 6.03 Å². The number of likely N-dealkylation sites (tertiary alicyclic amines) is 1. The Morgan fingerprint density at radius 1 is 1.15 bits per heavy atom. The molecule has 0 radical (unpaired) electrons. The van der Waals surface area contributed by atoms with Crippen LogP contribution in [0.25, 0.3) is 11.2 Å². The summed E-state index contributed by atoms with van der Waals surface area (Å²) in [6.07, 6.45) is 6.39. The molecule has 6 heteroatoms. The van der Waals surface area contributed by atoms with Gasteiger partial charge in [-0.05, 0) is 43.0 Å². The third kappa shape index (κ3) is 3.14. The summed E-state index contributed by atoms with van der Waals surface area (Å²) in [4.78, 5) is 23.4. The molecule has 0 bridgehead atoms. The number of rotatable bonds is 3. The third-order valence-corrected chi connectivity index (χ3v) is 5.12. The molecule has 1 saturated heterocycles. The van der Waals surface area contributed by atoms with Gasteiger partial charge in [0, 0.05) is 31.0 Å². The topological polar surface area (TPSA) is 63.1 Å². The van der Waals surface area contributed by atoms with Crippen molar-refractivity contribution in [2.75, 3.05) is 18.4 Å². The summed E-state index contributed by atoms with van der Waals surface area (Å²) in [5, 5.41) is 3.07. The fourth-order valence-corrected chi connectivity index (χ4v) is 3.63. The number of carbonyl (C=O) groups is 1. The van der Waals surface area contributed by atoms with Gasteiger partial charge in [0.2, 0.25) is 0 Å². The molecule has 2 aromatic heterocycles. The summed E-state index contributed by atoms with van der Waals surface area (Å²) in [5.74, 6) is 0. The van der Waals surface area contributed by atoms with Crippen LogP contribution in [0.1, 0.15) is 31.4 Å². The number of fused-ring (bicyclic) bond motifs is 1. The normalized spacial score (nSPS) is 15.3. The van der Waals surface area contributed by atoms with Gasteiger partial charge in [-0.3, -0.25) is 0 Å². The van der Waals surface area contributed by atoms with Crippen LogP contribution in [0.4, 0.5) is 10.5 Å². The van der Waals surface area contributed by atoms with E-state index in [-0.39, 0.29) is 6.03 Å². The average Bonchev–Trinajstić information content (AvgIpc) is 3.12. The SMILES string of the molecule is CCc1ccccc1NC(=O)N1CCC(n2cnc3cccnc32)CC1. The highest BCUT2D eigenvalue weighted by Crippen LogP contribution is 2.26. The van der Waals surface area contributed by atoms with E-state index in [0.29, 0.717) is 6.04 Å². The van der Waals surface area contributed by atoms with Crippen molar-refractivity contribution in [1.82, 2.24) is 19.4 Å². The van der Waals surface area contributed by atoms with E-state index >= 15 is 0 Å². The number of nitrogens with zero attached hydrogens (tertiary/aromatic N) is 4. The molecular weight excluding hydrogens is 326 g/mol. The fraction of sp³-hybridized carbons (Fsp3) is 0.350. The van der Waals surface area contributed by atoms with Crippen molar-refractivity contribution in [2.45, 2.75) is 32.2 Å². The predicted molar refractivity (Wildman–Crippen MR) is 102 cm³/mol. The minimum Gasteiger partial charge on any atom is -0.324 e. The van der Waals surface area contributed by atoms with Gasteiger partial charge in [-0.2, -0.15) is 0 Å². The lowest BCUT2D eigenvalue weighted by Gasteiger charge is -2.32. The quantitative estimate of drug-likeness (QED) is 0.781. The molecule has 1 aliphatic heterocycles. The standard InChI is InChI=1S/C20H23N5O/c1-2-15-6-3-4-7-17(15)23-20(26)24-12-9-16(10-13-24)25-14-22-18-8-5-11-21-19(18)25/h3-8,11,14,16H,2,9-10,12-13H2,1H3,(H,23,26). The molecule has 6 nitrogen and oxygen atoms in total. The van der Waals surface area contributed by atoms with E-state index in [1.807, 2.05) is 41.6 Å². The number of anilines is 1. The first-order valence-electron chi connectivity index (χ1n) is 9.17. The zero-order chi connectivity index (χ0) is 17.9. The number of carbonyl (C=O) groups excluding carboxylic acids is 1. The minimum atomic E-state index is -0.0158. The molecule has 2 amide bonds. The molecule has 0 unspecified atom stereocenters. The van der Waals surface area contributed by atoms with Crippen LogP contribution < -0.4 is 5.32 Å². The zero-order valence-corrected chi connectivity index (χ0v) is 14.9. The monoisotopic (exact) mass is 349 g/mol. The van der Waals surface area contributed by atoms with E-state index in [1.165, 1.54) is 0 Å². The second-order valence-electron chi connectivity index (χ2n) is 6.66. The molecule has 3 heterocycles. The van der Waals surface area contributed by atoms with Crippen molar-refractivity contribution in [1.29, 1.82) is 0 Å². The Kier molecular flexibility index (Phi) is 4.56. The first kappa shape index (κ1) is 16.6. The Hall–Kier alpha value is -2.89. The van der Waals surface area contributed by atoms with Gasteiger partial charge in [-0.15, -0.1) is 0 Å². The van der Waals surface area contributed by atoms with Gasteiger partial charge in [0.15, 0.2) is 5.65 Å². The van der Waals surface area contributed by atoms with Gasteiger partial charge in [0.1, 0.15) is 5.52 Å². The maximum Gasteiger partial charge on any atom is 0.321 e. The maximum absolute atomic E-state index is 12.6. The molecule has 1 N–H and O–H groups in total. The lowest BCUT2D eigenvalue weighted by molar-refractivity contribution is 0.184. The number of amides is 2. The number of pyridine rings is 1. The van der Waals surface area contributed by atoms with Crippen LogP contribution in [-0.4, -0.2) is 38.6 Å². The molecular formula is C20H23N5O. The van der Waals surface area contributed by atoms with Gasteiger partial charge < -0.3 is 14.8 Å². The number of aromatic nitrogens is 3. The van der Waals surface area contributed by atoms with Crippen LogP contribution in [0.2, 0.25) is 0 Å². The highest BCUT2D eigenvalue weighted by atomic mass is 16.2. The molecule has 4 rings (SSSR count). The Morgan fingerprint density at radius 3 is 2.77 bits per heavy atom. The third-order valence-electron chi connectivity index (χ3n) is 5.12. The highest BCUT2D eigenvalue weighted by Gasteiger charge is 2.25. The molecule has 0 saturated carbocycles. The Labute approximate surface area is 152 Å². The van der Waals surface area contributed by atoms with Gasteiger partial charge in [-0.1, -0.05) is 25.1 Å². The zero-order valence-electron chi connectivity index (χ0n) is 14.9. The smallest absolute Gasteiger partial charge is 0.321 e. The van der Waals surface area contributed by atoms with Crippen molar-refractivity contribution in [2.24, 2.45) is 0 Å². The number of imidazole rings is 1. The Morgan fingerprint density at radius 2 is 1.96 bits per heavy atom. The first-order valence-corrected chi connectivity index (χ1v) is 9.17. The summed E-state index contributed by atoms with van der Waals surface area (Å²) in [7, 11) is 0. The van der Waals surface area contributed by atoms with E-state index in [2.05, 4.69) is 32.8 Å². The van der Waals surface area contributed by atoms with E-state index in [4.69, 9.17) is 0 Å². The van der Waals surface area contributed by atoms with Crippen LogP contribution in [0.5, 0.6) is 0 Å². The van der Waals surface area contributed by atoms with Gasteiger partial charge in [-0.25, -0.2) is 14.8 Å². The lowest BCUT2D eigenvalue weighted by Crippen LogP contribution is -2.41. The minimum absolute atomic E-state index is 0.0158. The second-order valence-corrected chi connectivity index (χ2v) is 6.66. The second kappa shape index (κ2) is 7.15. The largest absolute Gasteiger partial charge is 0.324 e. The highest BCUT2D eigenvalue weighted by molar-refractivity contribution is 5.90. The van der Waals surface area contributed by atoms with Crippen LogP contribution in [0.15, 0.2) is 48.9 Å². The number of nitrogens with one attached hydrogen (secondary N) is 1. The molecule has 0 spiro atoms. The molecule has 0 aliphatic carbocycles. The van der Waals surface area contributed by atoms with Crippen LogP contribution in [-0.2, 0) is 6.42 Å². The van der Waals surface area contributed by atoms with Crippen molar-refractivity contribution in [3.05, 3.63) is 54.5 Å². The fourth-order valence-electron chi connectivity index (χ4n) is 3.63. The number of para-hydroxylation sites is 1. The average molecular weight is 349 g/mol. The van der Waals surface area contributed by atoms with E-state index < -0.39 is 0 Å². The van der Waals surface area contributed by atoms with Crippen molar-refractivity contribution in [3.63, 3.8) is 0 Å². The molecule has 1 aliphatic rings. The molecule has 1 aromatic carbocycles. The molecule has 1 fully saturated rings. The van der Waals surface area contributed by atoms with Crippen molar-refractivity contribution >= 4 is 22.9 Å². The molecule has 0 atom stereocenters. The van der Waals surface area contributed by atoms with E-state index in [1.54, 1.807) is 6.20 Å². The number of benzene rings is 1. The van der Waals surface area contributed by atoms with Crippen LogP contribution in [0, 0.1) is 0 Å². The van der Waals surface area contributed by atoms with E-state index in [9.17, 15) is 4.79 Å². The van der Waals surface area contributed by atoms with Gasteiger partial charge in [0.25, 0.3) is 0 Å². The van der Waals surface area contributed by atoms with Crippen LogP contribution in [0.3, 0.4) is 0 Å². The summed E-state index contributed by atoms with van der Waals surface area (Å²) < 4.78 is 2.15.